The molecule has 0 aliphatic heterocycles. The Bertz CT molecular complexity index is 575. The highest BCUT2D eigenvalue weighted by molar-refractivity contribution is 9.10. The van der Waals surface area contributed by atoms with Gasteiger partial charge in [-0.15, -0.1) is 11.8 Å². The topological polar surface area (TPSA) is 44.5 Å². The number of ether oxygens (including phenoxy) is 2. The van der Waals surface area contributed by atoms with Crippen LogP contribution in [0.4, 0.5) is 5.69 Å². The molecule has 0 heterocycles. The first-order chi connectivity index (χ1) is 10.2. The molecule has 2 aromatic carbocycles. The predicted octanol–water partition coefficient (Wildman–Crippen LogP) is 4.60. The standard InChI is InChI=1S/C16H18BrNO2S/c1-2-19-14-7-8-15(18)16(11-14)21-10-9-20-13-5-3-12(17)4-6-13/h3-8,11H,2,9-10,18H2,1H3. The smallest absolute Gasteiger partial charge is 0.120 e. The van der Waals surface area contributed by atoms with Crippen molar-refractivity contribution in [2.24, 2.45) is 0 Å². The van der Waals surface area contributed by atoms with Crippen LogP contribution < -0.4 is 15.2 Å². The van der Waals surface area contributed by atoms with Gasteiger partial charge in [-0.2, -0.15) is 0 Å². The van der Waals surface area contributed by atoms with Crippen LogP contribution in [-0.4, -0.2) is 19.0 Å². The van der Waals surface area contributed by atoms with Crippen molar-refractivity contribution in [3.8, 4) is 11.5 Å². The predicted molar refractivity (Wildman–Crippen MR) is 92.4 cm³/mol. The summed E-state index contributed by atoms with van der Waals surface area (Å²) in [4.78, 5) is 1.03. The second-order valence-corrected chi connectivity index (χ2v) is 6.34. The maximum Gasteiger partial charge on any atom is 0.120 e. The number of hydrogen-bond donors (Lipinski definition) is 1. The van der Waals surface area contributed by atoms with E-state index in [4.69, 9.17) is 15.2 Å². The van der Waals surface area contributed by atoms with Crippen molar-refractivity contribution >= 4 is 33.4 Å². The largest absolute Gasteiger partial charge is 0.494 e. The fraction of sp³-hybridized carbons (Fsp3) is 0.250. The van der Waals surface area contributed by atoms with Crippen molar-refractivity contribution in [2.45, 2.75) is 11.8 Å². The van der Waals surface area contributed by atoms with Crippen LogP contribution in [-0.2, 0) is 0 Å². The van der Waals surface area contributed by atoms with Crippen LogP contribution in [0.2, 0.25) is 0 Å². The van der Waals surface area contributed by atoms with Crippen LogP contribution in [0, 0.1) is 0 Å². The molecular formula is C16H18BrNO2S. The van der Waals surface area contributed by atoms with Crippen LogP contribution in [0.25, 0.3) is 0 Å². The number of halogens is 1. The van der Waals surface area contributed by atoms with Gasteiger partial charge < -0.3 is 15.2 Å². The average molecular weight is 368 g/mol. The molecule has 2 rings (SSSR count). The molecule has 0 atom stereocenters. The van der Waals surface area contributed by atoms with E-state index in [9.17, 15) is 0 Å². The number of benzene rings is 2. The summed E-state index contributed by atoms with van der Waals surface area (Å²) in [6.07, 6.45) is 0. The van der Waals surface area contributed by atoms with Crippen molar-refractivity contribution in [3.05, 3.63) is 46.9 Å². The molecule has 0 spiro atoms. The van der Waals surface area contributed by atoms with Gasteiger partial charge >= 0.3 is 0 Å². The number of hydrogen-bond acceptors (Lipinski definition) is 4. The quantitative estimate of drug-likeness (QED) is 0.441. The lowest BCUT2D eigenvalue weighted by Gasteiger charge is -2.10. The monoisotopic (exact) mass is 367 g/mol. The van der Waals surface area contributed by atoms with Crippen LogP contribution in [0.1, 0.15) is 6.92 Å². The van der Waals surface area contributed by atoms with E-state index >= 15 is 0 Å². The first-order valence-electron chi connectivity index (χ1n) is 6.72. The van der Waals surface area contributed by atoms with E-state index in [-0.39, 0.29) is 0 Å². The summed E-state index contributed by atoms with van der Waals surface area (Å²) in [5, 5.41) is 0. The zero-order chi connectivity index (χ0) is 15.1. The lowest BCUT2D eigenvalue weighted by atomic mass is 10.3. The minimum absolute atomic E-state index is 0.630. The molecule has 0 aromatic heterocycles. The number of thioether (sulfide) groups is 1. The first kappa shape index (κ1) is 16.0. The molecule has 21 heavy (non-hydrogen) atoms. The van der Waals surface area contributed by atoms with E-state index < -0.39 is 0 Å². The molecular weight excluding hydrogens is 350 g/mol. The minimum Gasteiger partial charge on any atom is -0.494 e. The molecule has 0 saturated carbocycles. The second kappa shape index (κ2) is 8.20. The average Bonchev–Trinajstić information content (AvgIpc) is 2.49. The highest BCUT2D eigenvalue weighted by atomic mass is 79.9. The van der Waals surface area contributed by atoms with E-state index in [0.717, 1.165) is 32.3 Å². The van der Waals surface area contributed by atoms with Crippen LogP contribution in [0.3, 0.4) is 0 Å². The lowest BCUT2D eigenvalue weighted by molar-refractivity contribution is 0.339. The SMILES string of the molecule is CCOc1ccc(N)c(SCCOc2ccc(Br)cc2)c1. The van der Waals surface area contributed by atoms with Gasteiger partial charge in [0.15, 0.2) is 0 Å². The van der Waals surface area contributed by atoms with Gasteiger partial charge in [0.05, 0.1) is 13.2 Å². The van der Waals surface area contributed by atoms with Gasteiger partial charge in [-0.05, 0) is 49.4 Å². The molecule has 0 fully saturated rings. The Hall–Kier alpha value is -1.33. The zero-order valence-electron chi connectivity index (χ0n) is 11.8. The van der Waals surface area contributed by atoms with E-state index in [2.05, 4.69) is 15.9 Å². The molecule has 0 amide bonds. The Labute approximate surface area is 138 Å². The summed E-state index contributed by atoms with van der Waals surface area (Å²) in [7, 11) is 0. The maximum absolute atomic E-state index is 5.97. The van der Waals surface area contributed by atoms with Crippen LogP contribution in [0.5, 0.6) is 11.5 Å². The van der Waals surface area contributed by atoms with Crippen molar-refractivity contribution in [3.63, 3.8) is 0 Å². The number of rotatable bonds is 7. The van der Waals surface area contributed by atoms with Crippen molar-refractivity contribution < 1.29 is 9.47 Å². The van der Waals surface area contributed by atoms with Gasteiger partial charge in [0.1, 0.15) is 11.5 Å². The Kier molecular flexibility index (Phi) is 6.26. The van der Waals surface area contributed by atoms with Gasteiger partial charge in [0, 0.05) is 20.8 Å². The summed E-state index contributed by atoms with van der Waals surface area (Å²) in [6.45, 7) is 3.25. The Morgan fingerprint density at radius 3 is 2.48 bits per heavy atom. The van der Waals surface area contributed by atoms with Gasteiger partial charge in [-0.3, -0.25) is 0 Å². The highest BCUT2D eigenvalue weighted by Gasteiger charge is 2.03. The summed E-state index contributed by atoms with van der Waals surface area (Å²) >= 11 is 5.07. The summed E-state index contributed by atoms with van der Waals surface area (Å²) in [5.41, 5.74) is 6.74. The third-order valence-electron chi connectivity index (χ3n) is 2.72. The number of nitrogen functional groups attached to an aromatic ring is 1. The fourth-order valence-electron chi connectivity index (χ4n) is 1.74. The highest BCUT2D eigenvalue weighted by Crippen LogP contribution is 2.29. The molecule has 5 heteroatoms. The van der Waals surface area contributed by atoms with Gasteiger partial charge in [0.2, 0.25) is 0 Å². The summed E-state index contributed by atoms with van der Waals surface area (Å²) < 4.78 is 12.2. The van der Waals surface area contributed by atoms with Crippen molar-refractivity contribution in [1.82, 2.24) is 0 Å². The van der Waals surface area contributed by atoms with Gasteiger partial charge in [0.25, 0.3) is 0 Å². The third kappa shape index (κ3) is 5.17. The molecule has 0 unspecified atom stereocenters. The van der Waals surface area contributed by atoms with Gasteiger partial charge in [-0.1, -0.05) is 15.9 Å². The minimum atomic E-state index is 0.630. The molecule has 0 aliphatic rings. The zero-order valence-corrected chi connectivity index (χ0v) is 14.2. The Morgan fingerprint density at radius 1 is 1.05 bits per heavy atom. The van der Waals surface area contributed by atoms with E-state index in [1.54, 1.807) is 11.8 Å². The molecule has 0 radical (unpaired) electrons. The summed E-state index contributed by atoms with van der Waals surface area (Å²) in [5.74, 6) is 2.55. The molecule has 0 saturated heterocycles. The van der Waals surface area contributed by atoms with Crippen molar-refractivity contribution in [2.75, 3.05) is 24.7 Å². The second-order valence-electron chi connectivity index (χ2n) is 4.28. The molecule has 2 aromatic rings. The lowest BCUT2D eigenvalue weighted by Crippen LogP contribution is -2.01. The third-order valence-corrected chi connectivity index (χ3v) is 4.28. The van der Waals surface area contributed by atoms with E-state index in [0.29, 0.717) is 13.2 Å². The maximum atomic E-state index is 5.97. The first-order valence-corrected chi connectivity index (χ1v) is 8.50. The Morgan fingerprint density at radius 2 is 1.76 bits per heavy atom. The molecule has 112 valence electrons. The Balaban J connectivity index is 1.82. The molecule has 0 bridgehead atoms. The van der Waals surface area contributed by atoms with Crippen LogP contribution in [0.15, 0.2) is 51.8 Å². The van der Waals surface area contributed by atoms with Gasteiger partial charge in [-0.25, -0.2) is 0 Å². The number of anilines is 1. The van der Waals surface area contributed by atoms with Crippen molar-refractivity contribution in [1.29, 1.82) is 0 Å². The van der Waals surface area contributed by atoms with E-state index in [1.807, 2.05) is 49.4 Å². The van der Waals surface area contributed by atoms with E-state index in [1.165, 1.54) is 0 Å². The molecule has 2 N–H and O–H groups in total. The fourth-order valence-corrected chi connectivity index (χ4v) is 2.82. The normalized spacial score (nSPS) is 10.4. The molecule has 0 aliphatic carbocycles. The number of nitrogens with two attached hydrogens (primary N) is 1. The summed E-state index contributed by atoms with van der Waals surface area (Å²) in [6, 6.07) is 13.6. The molecule has 3 nitrogen and oxygen atoms in total. The van der Waals surface area contributed by atoms with Crippen LogP contribution >= 0.6 is 27.7 Å².